The molecule has 18 heavy (non-hydrogen) atoms. The highest BCUT2D eigenvalue weighted by atomic mass is 16.2. The average Bonchev–Trinajstić information content (AvgIpc) is 2.68. The monoisotopic (exact) mass is 247 g/mol. The molecule has 1 atom stereocenters. The summed E-state index contributed by atoms with van der Waals surface area (Å²) in [5.74, 6) is -0.161. The van der Waals surface area contributed by atoms with Gasteiger partial charge in [0.1, 0.15) is 0 Å². The molecule has 0 radical (unpaired) electrons. The second kappa shape index (κ2) is 5.18. The van der Waals surface area contributed by atoms with E-state index in [1.54, 1.807) is 6.07 Å². The fourth-order valence-electron chi connectivity index (χ4n) is 1.95. The van der Waals surface area contributed by atoms with Gasteiger partial charge < -0.3 is 16.4 Å². The van der Waals surface area contributed by atoms with Gasteiger partial charge in [-0.25, -0.2) is 0 Å². The maximum absolute atomic E-state index is 11.8. The van der Waals surface area contributed by atoms with Crippen LogP contribution in [0.5, 0.6) is 0 Å². The van der Waals surface area contributed by atoms with Crippen molar-refractivity contribution in [3.63, 3.8) is 0 Å². The second-order valence-electron chi connectivity index (χ2n) is 4.56. The molecule has 1 aromatic rings. The summed E-state index contributed by atoms with van der Waals surface area (Å²) < 4.78 is 0. The number of benzene rings is 1. The number of carbonyl (C=O) groups is 2. The molecule has 0 spiro atoms. The zero-order valence-electron chi connectivity index (χ0n) is 10.3. The quantitative estimate of drug-likeness (QED) is 0.745. The lowest BCUT2D eigenvalue weighted by Gasteiger charge is -2.11. The minimum Gasteiger partial charge on any atom is -0.330 e. The molecule has 1 aromatic carbocycles. The van der Waals surface area contributed by atoms with Gasteiger partial charge in [0.25, 0.3) is 0 Å². The van der Waals surface area contributed by atoms with E-state index in [0.29, 0.717) is 19.4 Å². The summed E-state index contributed by atoms with van der Waals surface area (Å²) in [6, 6.07) is 5.43. The molecule has 0 aromatic heterocycles. The van der Waals surface area contributed by atoms with Crippen molar-refractivity contribution in [2.45, 2.75) is 19.8 Å². The molecular weight excluding hydrogens is 230 g/mol. The number of carbonyl (C=O) groups excluding carboxylic acids is 2. The second-order valence-corrected chi connectivity index (χ2v) is 4.56. The van der Waals surface area contributed by atoms with Gasteiger partial charge in [-0.15, -0.1) is 0 Å². The van der Waals surface area contributed by atoms with E-state index >= 15 is 0 Å². The van der Waals surface area contributed by atoms with Crippen LogP contribution in [0.2, 0.25) is 0 Å². The van der Waals surface area contributed by atoms with Crippen LogP contribution in [0.25, 0.3) is 0 Å². The average molecular weight is 247 g/mol. The van der Waals surface area contributed by atoms with Crippen molar-refractivity contribution in [1.29, 1.82) is 0 Å². The molecule has 0 aliphatic carbocycles. The summed E-state index contributed by atoms with van der Waals surface area (Å²) in [6.45, 7) is 2.35. The number of amides is 2. The Labute approximate surface area is 106 Å². The normalized spacial score (nSPS) is 14.9. The third-order valence-corrected chi connectivity index (χ3v) is 3.05. The SMILES string of the molecule is CC(CCN)C(=O)Nc1ccc2c(c1)CC(=O)N2. The van der Waals surface area contributed by atoms with Crippen LogP contribution in [0.1, 0.15) is 18.9 Å². The lowest BCUT2D eigenvalue weighted by molar-refractivity contribution is -0.119. The molecule has 4 N–H and O–H groups in total. The van der Waals surface area contributed by atoms with E-state index in [4.69, 9.17) is 5.73 Å². The van der Waals surface area contributed by atoms with Crippen molar-refractivity contribution in [3.8, 4) is 0 Å². The number of fused-ring (bicyclic) bond motifs is 1. The molecule has 2 rings (SSSR count). The topological polar surface area (TPSA) is 84.2 Å². The highest BCUT2D eigenvalue weighted by molar-refractivity contribution is 6.00. The van der Waals surface area contributed by atoms with E-state index in [-0.39, 0.29) is 17.7 Å². The third kappa shape index (κ3) is 2.68. The fraction of sp³-hybridized carbons (Fsp3) is 0.385. The van der Waals surface area contributed by atoms with Crippen LogP contribution in [-0.4, -0.2) is 18.4 Å². The van der Waals surface area contributed by atoms with Gasteiger partial charge in [0.05, 0.1) is 6.42 Å². The molecule has 5 nitrogen and oxygen atoms in total. The lowest BCUT2D eigenvalue weighted by Crippen LogP contribution is -2.22. The highest BCUT2D eigenvalue weighted by Crippen LogP contribution is 2.26. The summed E-state index contributed by atoms with van der Waals surface area (Å²) in [4.78, 5) is 23.0. The molecule has 1 aliphatic heterocycles. The van der Waals surface area contributed by atoms with Crippen LogP contribution >= 0.6 is 0 Å². The van der Waals surface area contributed by atoms with Crippen LogP contribution < -0.4 is 16.4 Å². The Morgan fingerprint density at radius 1 is 1.56 bits per heavy atom. The van der Waals surface area contributed by atoms with Crippen LogP contribution in [0.4, 0.5) is 11.4 Å². The standard InChI is InChI=1S/C13H17N3O2/c1-8(4-5-14)13(18)15-10-2-3-11-9(6-10)7-12(17)16-11/h2-3,6,8H,4-5,7,14H2,1H3,(H,15,18)(H,16,17). The number of rotatable bonds is 4. The molecule has 96 valence electrons. The molecule has 5 heteroatoms. The summed E-state index contributed by atoms with van der Waals surface area (Å²) >= 11 is 0. The van der Waals surface area contributed by atoms with Crippen molar-refractivity contribution in [3.05, 3.63) is 23.8 Å². The van der Waals surface area contributed by atoms with Gasteiger partial charge >= 0.3 is 0 Å². The fourth-order valence-corrected chi connectivity index (χ4v) is 1.95. The summed E-state index contributed by atoms with van der Waals surface area (Å²) in [5.41, 5.74) is 7.89. The molecule has 0 fully saturated rings. The number of anilines is 2. The number of hydrogen-bond acceptors (Lipinski definition) is 3. The molecule has 2 amide bonds. The smallest absolute Gasteiger partial charge is 0.228 e. The maximum Gasteiger partial charge on any atom is 0.228 e. The van der Waals surface area contributed by atoms with Crippen LogP contribution in [0.15, 0.2) is 18.2 Å². The predicted molar refractivity (Wildman–Crippen MR) is 70.2 cm³/mol. The highest BCUT2D eigenvalue weighted by Gasteiger charge is 2.18. The summed E-state index contributed by atoms with van der Waals surface area (Å²) in [6.07, 6.45) is 1.04. The van der Waals surface area contributed by atoms with Crippen molar-refractivity contribution in [2.24, 2.45) is 11.7 Å². The molecule has 0 bridgehead atoms. The number of nitrogens with one attached hydrogen (secondary N) is 2. The van der Waals surface area contributed by atoms with Crippen molar-refractivity contribution < 1.29 is 9.59 Å². The Kier molecular flexibility index (Phi) is 3.62. The molecule has 1 aliphatic rings. The van der Waals surface area contributed by atoms with Crippen molar-refractivity contribution in [2.75, 3.05) is 17.2 Å². The Morgan fingerprint density at radius 3 is 3.06 bits per heavy atom. The Hall–Kier alpha value is -1.88. The molecule has 1 heterocycles. The van der Waals surface area contributed by atoms with E-state index in [0.717, 1.165) is 16.9 Å². The van der Waals surface area contributed by atoms with Crippen LogP contribution in [0.3, 0.4) is 0 Å². The minimum absolute atomic E-state index is 0.00928. The number of hydrogen-bond donors (Lipinski definition) is 3. The van der Waals surface area contributed by atoms with E-state index in [1.807, 2.05) is 19.1 Å². The van der Waals surface area contributed by atoms with Gasteiger partial charge in [-0.2, -0.15) is 0 Å². The van der Waals surface area contributed by atoms with Crippen molar-refractivity contribution >= 4 is 23.2 Å². The first-order chi connectivity index (χ1) is 8.60. The van der Waals surface area contributed by atoms with Gasteiger partial charge in [0, 0.05) is 17.3 Å². The Morgan fingerprint density at radius 2 is 2.33 bits per heavy atom. The molecular formula is C13H17N3O2. The van der Waals surface area contributed by atoms with E-state index in [1.165, 1.54) is 0 Å². The van der Waals surface area contributed by atoms with Gasteiger partial charge in [-0.05, 0) is 36.7 Å². The van der Waals surface area contributed by atoms with Gasteiger partial charge in [0.15, 0.2) is 0 Å². The minimum atomic E-state index is -0.108. The third-order valence-electron chi connectivity index (χ3n) is 3.05. The summed E-state index contributed by atoms with van der Waals surface area (Å²) in [5, 5.41) is 5.59. The van der Waals surface area contributed by atoms with Crippen LogP contribution in [0, 0.1) is 5.92 Å². The molecule has 0 saturated carbocycles. The van der Waals surface area contributed by atoms with Gasteiger partial charge in [0.2, 0.25) is 11.8 Å². The number of nitrogens with two attached hydrogens (primary N) is 1. The zero-order chi connectivity index (χ0) is 13.1. The molecule has 0 saturated heterocycles. The molecule has 1 unspecified atom stereocenters. The van der Waals surface area contributed by atoms with Gasteiger partial charge in [-0.3, -0.25) is 9.59 Å². The predicted octanol–water partition coefficient (Wildman–Crippen LogP) is 1.10. The van der Waals surface area contributed by atoms with Crippen LogP contribution in [-0.2, 0) is 16.0 Å². The summed E-state index contributed by atoms with van der Waals surface area (Å²) in [7, 11) is 0. The lowest BCUT2D eigenvalue weighted by atomic mass is 10.1. The van der Waals surface area contributed by atoms with E-state index in [9.17, 15) is 9.59 Å². The van der Waals surface area contributed by atoms with Gasteiger partial charge in [-0.1, -0.05) is 6.92 Å². The van der Waals surface area contributed by atoms with Crippen molar-refractivity contribution in [1.82, 2.24) is 0 Å². The Bertz CT molecular complexity index is 485. The zero-order valence-corrected chi connectivity index (χ0v) is 10.3. The Balaban J connectivity index is 2.05. The van der Waals surface area contributed by atoms with E-state index < -0.39 is 0 Å². The first-order valence-corrected chi connectivity index (χ1v) is 6.04. The first kappa shape index (κ1) is 12.6. The maximum atomic E-state index is 11.8. The largest absolute Gasteiger partial charge is 0.330 e. The van der Waals surface area contributed by atoms with E-state index in [2.05, 4.69) is 10.6 Å². The first-order valence-electron chi connectivity index (χ1n) is 6.04.